The number of hydrogen-bond acceptors (Lipinski definition) is 3. The van der Waals surface area contributed by atoms with Crippen LogP contribution < -0.4 is 5.32 Å². The number of nitrogens with zero attached hydrogens (tertiary/aromatic N) is 1. The van der Waals surface area contributed by atoms with Crippen LogP contribution >= 0.6 is 15.9 Å². The van der Waals surface area contributed by atoms with Gasteiger partial charge in [0.05, 0.1) is 6.07 Å². The standard InChI is InChI=1S/C14H17BrN2O/c15-13-3-2-12-9-14(10-16,17-6-1-7-18)5-4-11(12)8-13/h2-3,8,17-18H,1,4-7,9H2. The van der Waals surface area contributed by atoms with E-state index in [0.29, 0.717) is 13.0 Å². The van der Waals surface area contributed by atoms with Gasteiger partial charge >= 0.3 is 0 Å². The van der Waals surface area contributed by atoms with E-state index in [-0.39, 0.29) is 6.61 Å². The smallest absolute Gasteiger partial charge is 0.111 e. The maximum Gasteiger partial charge on any atom is 0.111 e. The van der Waals surface area contributed by atoms with Crippen LogP contribution in [0.2, 0.25) is 0 Å². The number of halogens is 1. The lowest BCUT2D eigenvalue weighted by Crippen LogP contribution is -2.48. The van der Waals surface area contributed by atoms with Crippen LogP contribution in [0, 0.1) is 11.3 Å². The fourth-order valence-corrected chi connectivity index (χ4v) is 2.86. The van der Waals surface area contributed by atoms with Crippen molar-refractivity contribution in [3.05, 3.63) is 33.8 Å². The predicted octanol–water partition coefficient (Wildman–Crippen LogP) is 2.17. The first kappa shape index (κ1) is 13.5. The molecule has 0 radical (unpaired) electrons. The van der Waals surface area contributed by atoms with Gasteiger partial charge in [-0.2, -0.15) is 5.26 Å². The first-order chi connectivity index (χ1) is 8.69. The van der Waals surface area contributed by atoms with Crippen molar-refractivity contribution in [2.45, 2.75) is 31.2 Å². The number of fused-ring (bicyclic) bond motifs is 1. The first-order valence-corrected chi connectivity index (χ1v) is 7.03. The van der Waals surface area contributed by atoms with E-state index in [1.165, 1.54) is 11.1 Å². The molecule has 96 valence electrons. The molecule has 0 bridgehead atoms. The summed E-state index contributed by atoms with van der Waals surface area (Å²) < 4.78 is 1.10. The summed E-state index contributed by atoms with van der Waals surface area (Å²) in [5, 5.41) is 21.6. The van der Waals surface area contributed by atoms with Crippen LogP contribution in [0.1, 0.15) is 24.0 Å². The number of nitriles is 1. The average Bonchev–Trinajstić information content (AvgIpc) is 2.39. The zero-order valence-corrected chi connectivity index (χ0v) is 11.8. The van der Waals surface area contributed by atoms with Crippen LogP contribution in [0.5, 0.6) is 0 Å². The number of nitrogens with one attached hydrogen (secondary N) is 1. The fourth-order valence-electron chi connectivity index (χ4n) is 2.45. The number of aryl methyl sites for hydroxylation is 1. The molecule has 0 aromatic heterocycles. The number of benzene rings is 1. The molecule has 4 heteroatoms. The fraction of sp³-hybridized carbons (Fsp3) is 0.500. The van der Waals surface area contributed by atoms with Crippen molar-refractivity contribution in [1.82, 2.24) is 5.32 Å². The summed E-state index contributed by atoms with van der Waals surface area (Å²) in [4.78, 5) is 0. The Bertz CT molecular complexity index is 469. The van der Waals surface area contributed by atoms with Gasteiger partial charge in [0.2, 0.25) is 0 Å². The molecule has 0 spiro atoms. The van der Waals surface area contributed by atoms with Gasteiger partial charge in [-0.05, 0) is 49.1 Å². The summed E-state index contributed by atoms with van der Waals surface area (Å²) in [6, 6.07) is 8.69. The van der Waals surface area contributed by atoms with E-state index in [1.54, 1.807) is 0 Å². The minimum Gasteiger partial charge on any atom is -0.396 e. The highest BCUT2D eigenvalue weighted by molar-refractivity contribution is 9.10. The Hall–Kier alpha value is -0.890. The van der Waals surface area contributed by atoms with Gasteiger partial charge in [0.25, 0.3) is 0 Å². The molecule has 1 aromatic carbocycles. The Morgan fingerprint density at radius 1 is 1.44 bits per heavy atom. The zero-order chi connectivity index (χ0) is 13.0. The van der Waals surface area contributed by atoms with Crippen molar-refractivity contribution in [3.63, 3.8) is 0 Å². The number of aliphatic hydroxyl groups excluding tert-OH is 1. The van der Waals surface area contributed by atoms with Crippen LogP contribution in [-0.2, 0) is 12.8 Å². The third-order valence-electron chi connectivity index (χ3n) is 3.49. The Morgan fingerprint density at radius 2 is 2.28 bits per heavy atom. The monoisotopic (exact) mass is 308 g/mol. The highest BCUT2D eigenvalue weighted by Crippen LogP contribution is 2.30. The van der Waals surface area contributed by atoms with Gasteiger partial charge in [-0.1, -0.05) is 22.0 Å². The van der Waals surface area contributed by atoms with Crippen molar-refractivity contribution < 1.29 is 5.11 Å². The number of hydrogen-bond donors (Lipinski definition) is 2. The van der Waals surface area contributed by atoms with Gasteiger partial charge in [-0.25, -0.2) is 0 Å². The van der Waals surface area contributed by atoms with E-state index in [9.17, 15) is 5.26 Å². The summed E-state index contributed by atoms with van der Waals surface area (Å²) in [5.41, 5.74) is 2.12. The van der Waals surface area contributed by atoms with Crippen molar-refractivity contribution >= 4 is 15.9 Å². The Labute approximate surface area is 116 Å². The predicted molar refractivity (Wildman–Crippen MR) is 74.2 cm³/mol. The summed E-state index contributed by atoms with van der Waals surface area (Å²) >= 11 is 3.48. The van der Waals surface area contributed by atoms with Gasteiger partial charge in [0.15, 0.2) is 0 Å². The molecule has 2 N–H and O–H groups in total. The highest BCUT2D eigenvalue weighted by Gasteiger charge is 2.33. The maximum absolute atomic E-state index is 9.44. The van der Waals surface area contributed by atoms with Crippen molar-refractivity contribution in [2.24, 2.45) is 0 Å². The molecular formula is C14H17BrN2O. The summed E-state index contributed by atoms with van der Waals surface area (Å²) in [6.45, 7) is 0.855. The average molecular weight is 309 g/mol. The molecule has 2 rings (SSSR count). The van der Waals surface area contributed by atoms with Gasteiger partial charge in [0, 0.05) is 17.5 Å². The molecular weight excluding hydrogens is 292 g/mol. The molecule has 1 aromatic rings. The van der Waals surface area contributed by atoms with Crippen molar-refractivity contribution in [1.29, 1.82) is 5.26 Å². The normalized spacial score (nSPS) is 22.3. The second-order valence-electron chi connectivity index (χ2n) is 4.79. The Morgan fingerprint density at radius 3 is 3.00 bits per heavy atom. The van der Waals surface area contributed by atoms with E-state index < -0.39 is 5.54 Å². The molecule has 1 aliphatic carbocycles. The van der Waals surface area contributed by atoms with E-state index in [2.05, 4.69) is 39.4 Å². The van der Waals surface area contributed by atoms with Gasteiger partial charge < -0.3 is 5.11 Å². The van der Waals surface area contributed by atoms with Gasteiger partial charge in [-0.15, -0.1) is 0 Å². The lowest BCUT2D eigenvalue weighted by molar-refractivity contribution is 0.273. The molecule has 0 fully saturated rings. The molecule has 1 unspecified atom stereocenters. The second kappa shape index (κ2) is 5.83. The number of aliphatic hydroxyl groups is 1. The summed E-state index contributed by atoms with van der Waals surface area (Å²) in [6.07, 6.45) is 3.20. The quantitative estimate of drug-likeness (QED) is 0.838. The molecule has 1 atom stereocenters. The van der Waals surface area contributed by atoms with E-state index in [0.717, 1.165) is 23.7 Å². The summed E-state index contributed by atoms with van der Waals surface area (Å²) in [5.74, 6) is 0. The largest absolute Gasteiger partial charge is 0.396 e. The Kier molecular flexibility index (Phi) is 4.39. The number of rotatable bonds is 4. The Balaban J connectivity index is 2.13. The molecule has 0 saturated carbocycles. The SMILES string of the molecule is N#CC1(NCCCO)CCc2cc(Br)ccc2C1. The van der Waals surface area contributed by atoms with Crippen LogP contribution in [0.15, 0.2) is 22.7 Å². The molecule has 0 saturated heterocycles. The maximum atomic E-state index is 9.44. The first-order valence-electron chi connectivity index (χ1n) is 6.23. The van der Waals surface area contributed by atoms with E-state index >= 15 is 0 Å². The van der Waals surface area contributed by atoms with Crippen LogP contribution in [0.25, 0.3) is 0 Å². The van der Waals surface area contributed by atoms with Gasteiger partial charge in [0.1, 0.15) is 5.54 Å². The van der Waals surface area contributed by atoms with Gasteiger partial charge in [-0.3, -0.25) is 5.32 Å². The topological polar surface area (TPSA) is 56.0 Å². The summed E-state index contributed by atoms with van der Waals surface area (Å²) in [7, 11) is 0. The highest BCUT2D eigenvalue weighted by atomic mass is 79.9. The lowest BCUT2D eigenvalue weighted by Gasteiger charge is -2.33. The third kappa shape index (κ3) is 2.92. The van der Waals surface area contributed by atoms with Crippen LogP contribution in [0.4, 0.5) is 0 Å². The van der Waals surface area contributed by atoms with E-state index in [4.69, 9.17) is 5.11 Å². The lowest BCUT2D eigenvalue weighted by atomic mass is 9.79. The molecule has 3 nitrogen and oxygen atoms in total. The van der Waals surface area contributed by atoms with Crippen molar-refractivity contribution in [3.8, 4) is 6.07 Å². The van der Waals surface area contributed by atoms with Crippen LogP contribution in [-0.4, -0.2) is 23.8 Å². The zero-order valence-electron chi connectivity index (χ0n) is 10.2. The molecule has 1 aliphatic rings. The van der Waals surface area contributed by atoms with Crippen LogP contribution in [0.3, 0.4) is 0 Å². The minimum absolute atomic E-state index is 0.165. The molecule has 18 heavy (non-hydrogen) atoms. The molecule has 0 amide bonds. The van der Waals surface area contributed by atoms with E-state index in [1.807, 2.05) is 6.07 Å². The van der Waals surface area contributed by atoms with Crippen molar-refractivity contribution in [2.75, 3.05) is 13.2 Å². The molecule has 0 aliphatic heterocycles. The second-order valence-corrected chi connectivity index (χ2v) is 5.70. The third-order valence-corrected chi connectivity index (χ3v) is 3.99. The minimum atomic E-state index is -0.462. The molecule has 0 heterocycles.